The topological polar surface area (TPSA) is 0 Å². The SMILES string of the molecule is CC.Cc1ccc2cc(C(C)(C)C)sc2c1. The summed E-state index contributed by atoms with van der Waals surface area (Å²) in [6, 6.07) is 8.99. The Labute approximate surface area is 103 Å². The van der Waals surface area contributed by atoms with Crippen LogP contribution in [0.15, 0.2) is 24.3 Å². The van der Waals surface area contributed by atoms with Crippen molar-refractivity contribution in [3.63, 3.8) is 0 Å². The third kappa shape index (κ3) is 2.85. The molecule has 16 heavy (non-hydrogen) atoms. The highest BCUT2D eigenvalue weighted by molar-refractivity contribution is 7.19. The van der Waals surface area contributed by atoms with E-state index in [9.17, 15) is 0 Å². The van der Waals surface area contributed by atoms with Crippen LogP contribution in [0.5, 0.6) is 0 Å². The van der Waals surface area contributed by atoms with Crippen LogP contribution in [0.1, 0.15) is 45.1 Å². The van der Waals surface area contributed by atoms with Crippen LogP contribution in [0.4, 0.5) is 0 Å². The maximum absolute atomic E-state index is 2.32. The molecule has 0 amide bonds. The van der Waals surface area contributed by atoms with E-state index in [1.807, 2.05) is 25.2 Å². The number of rotatable bonds is 0. The summed E-state index contributed by atoms with van der Waals surface area (Å²) in [7, 11) is 0. The van der Waals surface area contributed by atoms with Gasteiger partial charge in [0.15, 0.2) is 0 Å². The number of aryl methyl sites for hydroxylation is 1. The summed E-state index contributed by atoms with van der Waals surface area (Å²) in [5.41, 5.74) is 1.62. The van der Waals surface area contributed by atoms with Crippen molar-refractivity contribution in [1.29, 1.82) is 0 Å². The van der Waals surface area contributed by atoms with Crippen molar-refractivity contribution in [2.75, 3.05) is 0 Å². The monoisotopic (exact) mass is 234 g/mol. The minimum Gasteiger partial charge on any atom is -0.140 e. The van der Waals surface area contributed by atoms with Crippen molar-refractivity contribution < 1.29 is 0 Å². The lowest BCUT2D eigenvalue weighted by Crippen LogP contribution is -2.07. The molecule has 0 spiro atoms. The standard InChI is InChI=1S/C13H16S.C2H6/c1-9-5-6-10-8-12(13(2,3)4)14-11(10)7-9;1-2/h5-8H,1-4H3;1-2H3. The maximum Gasteiger partial charge on any atom is 0.0348 e. The lowest BCUT2D eigenvalue weighted by molar-refractivity contribution is 0.604. The Morgan fingerprint density at radius 2 is 1.62 bits per heavy atom. The second-order valence-electron chi connectivity index (χ2n) is 4.90. The largest absolute Gasteiger partial charge is 0.140 e. The number of thiophene rings is 1. The van der Waals surface area contributed by atoms with E-state index in [2.05, 4.69) is 52.0 Å². The van der Waals surface area contributed by atoms with Gasteiger partial charge in [-0.2, -0.15) is 0 Å². The molecule has 0 aliphatic heterocycles. The number of hydrogen-bond donors (Lipinski definition) is 0. The van der Waals surface area contributed by atoms with Crippen LogP contribution in [-0.4, -0.2) is 0 Å². The molecule has 0 aliphatic carbocycles. The quantitative estimate of drug-likeness (QED) is 0.562. The van der Waals surface area contributed by atoms with Gasteiger partial charge in [-0.05, 0) is 35.4 Å². The summed E-state index contributed by atoms with van der Waals surface area (Å²) in [6.45, 7) is 13.0. The van der Waals surface area contributed by atoms with Gasteiger partial charge in [0, 0.05) is 9.58 Å². The van der Waals surface area contributed by atoms with Gasteiger partial charge in [-0.1, -0.05) is 46.8 Å². The first-order chi connectivity index (χ1) is 7.47. The fourth-order valence-electron chi connectivity index (χ4n) is 1.51. The molecule has 1 aromatic heterocycles. The van der Waals surface area contributed by atoms with Crippen LogP contribution in [-0.2, 0) is 5.41 Å². The normalized spacial score (nSPS) is 11.1. The van der Waals surface area contributed by atoms with Gasteiger partial charge in [0.1, 0.15) is 0 Å². The highest BCUT2D eigenvalue weighted by atomic mass is 32.1. The molecular formula is C15H22S. The number of benzene rings is 1. The van der Waals surface area contributed by atoms with E-state index in [1.165, 1.54) is 20.5 Å². The predicted molar refractivity (Wildman–Crippen MR) is 76.6 cm³/mol. The van der Waals surface area contributed by atoms with Gasteiger partial charge in [-0.25, -0.2) is 0 Å². The van der Waals surface area contributed by atoms with Crippen LogP contribution in [0, 0.1) is 6.92 Å². The molecule has 0 N–H and O–H groups in total. The molecular weight excluding hydrogens is 212 g/mol. The Kier molecular flexibility index (Phi) is 4.15. The van der Waals surface area contributed by atoms with Gasteiger partial charge in [0.25, 0.3) is 0 Å². The Morgan fingerprint density at radius 3 is 2.19 bits per heavy atom. The number of hydrogen-bond acceptors (Lipinski definition) is 1. The second-order valence-corrected chi connectivity index (χ2v) is 5.99. The van der Waals surface area contributed by atoms with Crippen molar-refractivity contribution in [1.82, 2.24) is 0 Å². The van der Waals surface area contributed by atoms with Crippen LogP contribution in [0.3, 0.4) is 0 Å². The van der Waals surface area contributed by atoms with Crippen LogP contribution < -0.4 is 0 Å². The molecule has 2 aromatic rings. The van der Waals surface area contributed by atoms with Crippen LogP contribution in [0.2, 0.25) is 0 Å². The van der Waals surface area contributed by atoms with E-state index >= 15 is 0 Å². The first-order valence-electron chi connectivity index (χ1n) is 5.97. The highest BCUT2D eigenvalue weighted by Gasteiger charge is 2.16. The summed E-state index contributed by atoms with van der Waals surface area (Å²) in [5.74, 6) is 0. The minimum absolute atomic E-state index is 0.275. The fraction of sp³-hybridized carbons (Fsp3) is 0.467. The Hall–Kier alpha value is -0.820. The van der Waals surface area contributed by atoms with Gasteiger partial charge >= 0.3 is 0 Å². The molecule has 0 unspecified atom stereocenters. The molecule has 0 aliphatic rings. The van der Waals surface area contributed by atoms with Crippen molar-refractivity contribution in [2.45, 2.75) is 47.0 Å². The molecule has 0 saturated carbocycles. The Morgan fingerprint density at radius 1 is 1.00 bits per heavy atom. The first kappa shape index (κ1) is 13.2. The van der Waals surface area contributed by atoms with E-state index in [0.717, 1.165) is 0 Å². The van der Waals surface area contributed by atoms with Gasteiger partial charge in [0.2, 0.25) is 0 Å². The molecule has 88 valence electrons. The predicted octanol–water partition coefficient (Wildman–Crippen LogP) is 5.53. The summed E-state index contributed by atoms with van der Waals surface area (Å²) >= 11 is 1.92. The van der Waals surface area contributed by atoms with Crippen molar-refractivity contribution in [2.24, 2.45) is 0 Å². The molecule has 0 fully saturated rings. The smallest absolute Gasteiger partial charge is 0.0348 e. The zero-order valence-electron chi connectivity index (χ0n) is 11.2. The van der Waals surface area contributed by atoms with Gasteiger partial charge in [-0.3, -0.25) is 0 Å². The summed E-state index contributed by atoms with van der Waals surface area (Å²) in [6.07, 6.45) is 0. The second kappa shape index (κ2) is 5.01. The van der Waals surface area contributed by atoms with Gasteiger partial charge < -0.3 is 0 Å². The summed E-state index contributed by atoms with van der Waals surface area (Å²) in [5, 5.41) is 1.38. The van der Waals surface area contributed by atoms with Gasteiger partial charge in [0.05, 0.1) is 0 Å². The molecule has 0 saturated heterocycles. The Bertz CT molecular complexity index is 458. The third-order valence-electron chi connectivity index (χ3n) is 2.41. The maximum atomic E-state index is 2.32. The first-order valence-corrected chi connectivity index (χ1v) is 6.79. The highest BCUT2D eigenvalue weighted by Crippen LogP contribution is 2.34. The molecule has 1 heterocycles. The average molecular weight is 234 g/mol. The average Bonchev–Trinajstić information content (AvgIpc) is 2.63. The lowest BCUT2D eigenvalue weighted by atomic mass is 9.94. The van der Waals surface area contributed by atoms with Crippen LogP contribution >= 0.6 is 11.3 Å². The Balaban J connectivity index is 0.000000606. The third-order valence-corrected chi connectivity index (χ3v) is 3.94. The molecule has 0 atom stereocenters. The molecule has 0 radical (unpaired) electrons. The van der Waals surface area contributed by atoms with E-state index in [1.54, 1.807) is 0 Å². The van der Waals surface area contributed by atoms with Gasteiger partial charge in [-0.15, -0.1) is 11.3 Å². The molecule has 1 heteroatoms. The molecule has 2 rings (SSSR count). The van der Waals surface area contributed by atoms with E-state index in [0.29, 0.717) is 0 Å². The summed E-state index contributed by atoms with van der Waals surface area (Å²) in [4.78, 5) is 1.47. The molecule has 0 nitrogen and oxygen atoms in total. The van der Waals surface area contributed by atoms with Crippen molar-refractivity contribution in [3.05, 3.63) is 34.7 Å². The number of fused-ring (bicyclic) bond motifs is 1. The molecule has 0 bridgehead atoms. The zero-order valence-corrected chi connectivity index (χ0v) is 12.0. The zero-order chi connectivity index (χ0) is 12.3. The van der Waals surface area contributed by atoms with E-state index in [-0.39, 0.29) is 5.41 Å². The fourth-order valence-corrected chi connectivity index (χ4v) is 2.73. The summed E-state index contributed by atoms with van der Waals surface area (Å²) < 4.78 is 1.41. The van der Waals surface area contributed by atoms with Crippen LogP contribution in [0.25, 0.3) is 10.1 Å². The lowest BCUT2D eigenvalue weighted by Gasteiger charge is -2.14. The van der Waals surface area contributed by atoms with Crippen molar-refractivity contribution >= 4 is 21.4 Å². The van der Waals surface area contributed by atoms with E-state index < -0.39 is 0 Å². The minimum atomic E-state index is 0.275. The molecule has 1 aromatic carbocycles. The van der Waals surface area contributed by atoms with Crippen molar-refractivity contribution in [3.8, 4) is 0 Å². The van der Waals surface area contributed by atoms with E-state index in [4.69, 9.17) is 0 Å².